The van der Waals surface area contributed by atoms with Crippen LogP contribution in [0.1, 0.15) is 155 Å². The number of unbranched alkanes of at least 4 members (excludes halogenated alkanes) is 13. The molecule has 0 radical (unpaired) electrons. The second kappa shape index (κ2) is 31.4. The Kier molecular flexibility index (Phi) is 29.2. The van der Waals surface area contributed by atoms with Crippen molar-refractivity contribution in [2.75, 3.05) is 47.5 Å². The number of epoxide rings is 1. The number of nitrogens with zero attached hydrogens (tertiary/aromatic N) is 1. The standard InChI is InChI=1S/C42H76NO9P/c1-6-8-10-11-12-13-14-19-22-25-29-33-42(45)51-38(37-50-53(46,47)49-35-34-43(3,4)5)36-48-41(44)32-28-24-21-18-16-15-17-20-23-27-31-40-39(52-40)30-26-9-7-2/h15,17-18,21,23,27,38-40H,6-14,16,19-20,22,24-26,28-37H2,1-5H3/b17-15-,21-18-,27-23-/t38-,39?,40?/m1/s1. The van der Waals surface area contributed by atoms with Gasteiger partial charge >= 0.3 is 11.9 Å². The van der Waals surface area contributed by atoms with E-state index in [0.717, 1.165) is 44.9 Å². The molecule has 0 aromatic carbocycles. The first-order valence-electron chi connectivity index (χ1n) is 20.8. The van der Waals surface area contributed by atoms with E-state index in [-0.39, 0.29) is 26.1 Å². The smallest absolute Gasteiger partial charge is 0.306 e. The second-order valence-corrected chi connectivity index (χ2v) is 16.8. The van der Waals surface area contributed by atoms with E-state index in [1.165, 1.54) is 70.6 Å². The number of rotatable bonds is 36. The van der Waals surface area contributed by atoms with Crippen LogP contribution in [0.25, 0.3) is 0 Å². The summed E-state index contributed by atoms with van der Waals surface area (Å²) in [7, 11) is 1.13. The van der Waals surface area contributed by atoms with E-state index in [4.69, 9.17) is 23.3 Å². The van der Waals surface area contributed by atoms with Gasteiger partial charge in [0.15, 0.2) is 6.10 Å². The third kappa shape index (κ3) is 32.2. The quantitative estimate of drug-likeness (QED) is 0.0153. The van der Waals surface area contributed by atoms with Crippen molar-refractivity contribution >= 4 is 19.8 Å². The van der Waals surface area contributed by atoms with Gasteiger partial charge < -0.3 is 32.6 Å². The number of carbonyl (C=O) groups is 2. The molecule has 53 heavy (non-hydrogen) atoms. The van der Waals surface area contributed by atoms with E-state index < -0.39 is 32.5 Å². The number of carbonyl (C=O) groups excluding carboxylic acids is 2. The van der Waals surface area contributed by atoms with E-state index >= 15 is 0 Å². The zero-order valence-corrected chi connectivity index (χ0v) is 35.0. The average Bonchev–Trinajstić information content (AvgIpc) is 3.86. The molecule has 11 heteroatoms. The van der Waals surface area contributed by atoms with Crippen LogP contribution in [0.5, 0.6) is 0 Å². The molecule has 0 N–H and O–H groups in total. The van der Waals surface area contributed by atoms with Crippen LogP contribution < -0.4 is 4.89 Å². The molecule has 1 rings (SSSR count). The molecule has 0 aliphatic carbocycles. The number of quaternary nitrogens is 1. The molecule has 3 unspecified atom stereocenters. The predicted molar refractivity (Wildman–Crippen MR) is 212 cm³/mol. The first-order valence-corrected chi connectivity index (χ1v) is 22.3. The van der Waals surface area contributed by atoms with Gasteiger partial charge in [0.2, 0.25) is 0 Å². The number of esters is 2. The molecular formula is C42H76NO9P. The van der Waals surface area contributed by atoms with E-state index in [0.29, 0.717) is 36.1 Å². The molecule has 0 spiro atoms. The number of hydrogen-bond acceptors (Lipinski definition) is 9. The minimum atomic E-state index is -4.63. The molecular weight excluding hydrogens is 693 g/mol. The summed E-state index contributed by atoms with van der Waals surface area (Å²) in [5.41, 5.74) is 0. The van der Waals surface area contributed by atoms with Gasteiger partial charge in [-0.2, -0.15) is 0 Å². The van der Waals surface area contributed by atoms with Crippen molar-refractivity contribution < 1.29 is 46.8 Å². The first kappa shape index (κ1) is 49.2. The van der Waals surface area contributed by atoms with Crippen LogP contribution in [0, 0.1) is 0 Å². The molecule has 1 heterocycles. The van der Waals surface area contributed by atoms with E-state index in [1.807, 2.05) is 27.2 Å². The highest BCUT2D eigenvalue weighted by molar-refractivity contribution is 7.45. The number of allylic oxidation sites excluding steroid dienone is 5. The minimum Gasteiger partial charge on any atom is -0.756 e. The van der Waals surface area contributed by atoms with E-state index in [2.05, 4.69) is 44.2 Å². The van der Waals surface area contributed by atoms with E-state index in [9.17, 15) is 19.0 Å². The maximum atomic E-state index is 12.6. The summed E-state index contributed by atoms with van der Waals surface area (Å²) in [6.45, 7) is 4.10. The number of phosphoric ester groups is 1. The first-order chi connectivity index (χ1) is 25.5. The third-order valence-electron chi connectivity index (χ3n) is 9.09. The van der Waals surface area contributed by atoms with E-state index in [1.54, 1.807) is 0 Å². The number of phosphoric acid groups is 1. The van der Waals surface area contributed by atoms with Gasteiger partial charge in [0.05, 0.1) is 40.0 Å². The Balaban J connectivity index is 2.32. The van der Waals surface area contributed by atoms with Gasteiger partial charge in [0.25, 0.3) is 7.82 Å². The van der Waals surface area contributed by atoms with Crippen molar-refractivity contribution in [1.82, 2.24) is 0 Å². The van der Waals surface area contributed by atoms with Gasteiger partial charge in [-0.3, -0.25) is 14.2 Å². The lowest BCUT2D eigenvalue weighted by molar-refractivity contribution is -0.870. The minimum absolute atomic E-state index is 0.0408. The fourth-order valence-electron chi connectivity index (χ4n) is 5.68. The lowest BCUT2D eigenvalue weighted by atomic mass is 10.1. The summed E-state index contributed by atoms with van der Waals surface area (Å²) in [6.07, 6.45) is 35.0. The monoisotopic (exact) mass is 770 g/mol. The Bertz CT molecular complexity index is 1070. The highest BCUT2D eigenvalue weighted by atomic mass is 31.2. The Labute approximate surface area is 323 Å². The molecule has 0 bridgehead atoms. The molecule has 10 nitrogen and oxygen atoms in total. The van der Waals surface area contributed by atoms with Crippen LogP contribution in [-0.4, -0.2) is 82.2 Å². The summed E-state index contributed by atoms with van der Waals surface area (Å²) in [4.78, 5) is 37.4. The normalized spacial score (nSPS) is 17.8. The SMILES string of the molecule is CCCCCCCCCCCCCC(=O)O[C@H](COC(=O)CCC/C=C\C/C=C\C/C=C\CC1OC1CCCCC)COP(=O)([O-])OCC[N+](C)(C)C. The van der Waals surface area contributed by atoms with Crippen molar-refractivity contribution in [2.24, 2.45) is 0 Å². The molecule has 0 saturated carbocycles. The number of likely N-dealkylation sites (N-methyl/N-ethyl adjacent to an activating group) is 1. The molecule has 0 amide bonds. The number of ether oxygens (including phenoxy) is 3. The fraction of sp³-hybridized carbons (Fsp3) is 0.810. The van der Waals surface area contributed by atoms with Crippen molar-refractivity contribution in [1.29, 1.82) is 0 Å². The van der Waals surface area contributed by atoms with Gasteiger partial charge in [-0.25, -0.2) is 0 Å². The highest BCUT2D eigenvalue weighted by Crippen LogP contribution is 2.38. The Morgan fingerprint density at radius 1 is 0.698 bits per heavy atom. The number of hydrogen-bond donors (Lipinski definition) is 0. The van der Waals surface area contributed by atoms with Gasteiger partial charge in [0, 0.05) is 12.8 Å². The van der Waals surface area contributed by atoms with Gasteiger partial charge in [0.1, 0.15) is 19.8 Å². The van der Waals surface area contributed by atoms with Crippen LogP contribution >= 0.6 is 7.82 Å². The molecule has 0 aromatic rings. The van der Waals surface area contributed by atoms with Crippen molar-refractivity contribution in [3.8, 4) is 0 Å². The molecule has 1 aliphatic rings. The summed E-state index contributed by atoms with van der Waals surface area (Å²) < 4.78 is 39.5. The van der Waals surface area contributed by atoms with Crippen LogP contribution in [0.15, 0.2) is 36.5 Å². The largest absolute Gasteiger partial charge is 0.756 e. The summed E-state index contributed by atoms with van der Waals surface area (Å²) >= 11 is 0. The molecule has 1 saturated heterocycles. The maximum Gasteiger partial charge on any atom is 0.306 e. The Morgan fingerprint density at radius 3 is 1.91 bits per heavy atom. The molecule has 1 fully saturated rings. The van der Waals surface area contributed by atoms with Crippen molar-refractivity contribution in [3.63, 3.8) is 0 Å². The fourth-order valence-corrected chi connectivity index (χ4v) is 6.41. The summed E-state index contributed by atoms with van der Waals surface area (Å²) in [6, 6.07) is 0. The van der Waals surface area contributed by atoms with Crippen molar-refractivity contribution in [3.05, 3.63) is 36.5 Å². The van der Waals surface area contributed by atoms with Gasteiger partial charge in [-0.1, -0.05) is 134 Å². The maximum absolute atomic E-state index is 12.6. The second-order valence-electron chi connectivity index (χ2n) is 15.4. The summed E-state index contributed by atoms with van der Waals surface area (Å²) in [5.74, 6) is -0.906. The van der Waals surface area contributed by atoms with Crippen LogP contribution in [0.3, 0.4) is 0 Å². The topological polar surface area (TPSA) is 124 Å². The van der Waals surface area contributed by atoms with Crippen LogP contribution in [-0.2, 0) is 37.4 Å². The summed E-state index contributed by atoms with van der Waals surface area (Å²) in [5, 5.41) is 0. The zero-order valence-electron chi connectivity index (χ0n) is 34.1. The van der Waals surface area contributed by atoms with Crippen molar-refractivity contribution in [2.45, 2.75) is 173 Å². The molecule has 0 aromatic heterocycles. The molecule has 308 valence electrons. The molecule has 4 atom stereocenters. The third-order valence-corrected chi connectivity index (χ3v) is 10.1. The molecule has 1 aliphatic heterocycles. The highest BCUT2D eigenvalue weighted by Gasteiger charge is 2.36. The lowest BCUT2D eigenvalue weighted by Gasteiger charge is -2.28. The van der Waals surface area contributed by atoms with Gasteiger partial charge in [-0.05, 0) is 44.9 Å². The van der Waals surface area contributed by atoms with Gasteiger partial charge in [-0.15, -0.1) is 0 Å². The lowest BCUT2D eigenvalue weighted by Crippen LogP contribution is -2.37. The van der Waals surface area contributed by atoms with Crippen LogP contribution in [0.2, 0.25) is 0 Å². The average molecular weight is 770 g/mol. The zero-order chi connectivity index (χ0) is 39.0. The predicted octanol–water partition coefficient (Wildman–Crippen LogP) is 9.71. The van der Waals surface area contributed by atoms with Crippen LogP contribution in [0.4, 0.5) is 0 Å². The Hall–Kier alpha value is -1.81. The Morgan fingerprint density at radius 2 is 1.26 bits per heavy atom.